The van der Waals surface area contributed by atoms with Crippen molar-refractivity contribution in [3.8, 4) is 11.4 Å². The topological polar surface area (TPSA) is 80.5 Å². The van der Waals surface area contributed by atoms with Gasteiger partial charge in [0, 0.05) is 5.56 Å². The van der Waals surface area contributed by atoms with Crippen molar-refractivity contribution in [2.45, 2.75) is 155 Å². The number of aromatic nitrogens is 4. The first-order valence-corrected chi connectivity index (χ1v) is 26.1. The van der Waals surface area contributed by atoms with Crippen molar-refractivity contribution in [2.75, 3.05) is 6.61 Å². The van der Waals surface area contributed by atoms with Gasteiger partial charge in [-0.2, -0.15) is 0 Å². The molecule has 0 bridgehead atoms. The quantitative estimate of drug-likeness (QED) is 0.195. The molecule has 0 radical (unpaired) electrons. The van der Waals surface area contributed by atoms with Crippen LogP contribution >= 0.6 is 0 Å². The summed E-state index contributed by atoms with van der Waals surface area (Å²) in [7, 11) is -6.64. The lowest BCUT2D eigenvalue weighted by atomic mass is 10.1. The van der Waals surface area contributed by atoms with E-state index in [0.717, 1.165) is 28.8 Å². The predicted octanol–water partition coefficient (Wildman–Crippen LogP) is 9.76. The van der Waals surface area contributed by atoms with E-state index >= 15 is 0 Å². The summed E-state index contributed by atoms with van der Waals surface area (Å²) in [5.74, 6) is 0.684. The van der Waals surface area contributed by atoms with Gasteiger partial charge in [-0.05, 0) is 60.8 Å². The second-order valence-corrected chi connectivity index (χ2v) is 32.2. The zero-order valence-corrected chi connectivity index (χ0v) is 35.1. The Morgan fingerprint density at radius 2 is 1.28 bits per heavy atom. The van der Waals surface area contributed by atoms with Crippen molar-refractivity contribution in [1.82, 2.24) is 19.5 Å². The van der Waals surface area contributed by atoms with Crippen LogP contribution in [0.15, 0.2) is 36.7 Å². The van der Waals surface area contributed by atoms with Crippen LogP contribution in [-0.2, 0) is 24.4 Å². The molecule has 4 rings (SSSR count). The van der Waals surface area contributed by atoms with Crippen LogP contribution in [0, 0.1) is 0 Å². The SMILES string of the molecule is CCc1nc(-c2ccccc2)nc2c1ncn2[C@@H]1O[C@H](CO[Si](C)(C)C(C)(C)C)[C@@H](O[Si](C)(C)C(C)(C)C)[C@H]1O[Si](C)(C)C(C)(C)C. The number of nitrogens with zero attached hydrogens (tertiary/aromatic N) is 4. The van der Waals surface area contributed by atoms with Gasteiger partial charge in [0.25, 0.3) is 0 Å². The van der Waals surface area contributed by atoms with Gasteiger partial charge < -0.3 is 18.0 Å². The van der Waals surface area contributed by atoms with Gasteiger partial charge in [0.1, 0.15) is 23.8 Å². The average molecular weight is 699 g/mol. The predicted molar refractivity (Wildman–Crippen MR) is 201 cm³/mol. The number of rotatable bonds is 10. The van der Waals surface area contributed by atoms with Gasteiger partial charge in [0.05, 0.1) is 18.6 Å². The van der Waals surface area contributed by atoms with E-state index in [2.05, 4.69) is 113 Å². The first-order valence-electron chi connectivity index (χ1n) is 17.3. The summed E-state index contributed by atoms with van der Waals surface area (Å²) in [6.07, 6.45) is 1.08. The Balaban J connectivity index is 1.90. The molecule has 47 heavy (non-hydrogen) atoms. The van der Waals surface area contributed by atoms with Crippen LogP contribution in [0.2, 0.25) is 54.4 Å². The normalized spacial score (nSPS) is 22.0. The molecule has 8 nitrogen and oxygen atoms in total. The van der Waals surface area contributed by atoms with E-state index in [0.29, 0.717) is 12.4 Å². The number of aryl methyl sites for hydroxylation is 1. The molecule has 11 heteroatoms. The molecular formula is C36H62N4O4Si3. The fraction of sp³-hybridized carbons (Fsp3) is 0.694. The highest BCUT2D eigenvalue weighted by molar-refractivity contribution is 6.75. The Morgan fingerprint density at radius 3 is 1.79 bits per heavy atom. The van der Waals surface area contributed by atoms with Crippen LogP contribution in [0.5, 0.6) is 0 Å². The molecule has 1 aliphatic heterocycles. The fourth-order valence-corrected chi connectivity index (χ4v) is 8.62. The Labute approximate surface area is 287 Å². The number of fused-ring (bicyclic) bond motifs is 1. The molecule has 0 saturated carbocycles. The first-order chi connectivity index (χ1) is 21.4. The van der Waals surface area contributed by atoms with Gasteiger partial charge in [-0.3, -0.25) is 4.57 Å². The molecule has 3 aromatic rings. The highest BCUT2D eigenvalue weighted by atomic mass is 28.4. The van der Waals surface area contributed by atoms with E-state index in [9.17, 15) is 0 Å². The number of imidazole rings is 1. The van der Waals surface area contributed by atoms with Crippen LogP contribution in [0.4, 0.5) is 0 Å². The largest absolute Gasteiger partial charge is 0.414 e. The van der Waals surface area contributed by atoms with Crippen molar-refractivity contribution in [2.24, 2.45) is 0 Å². The maximum atomic E-state index is 7.40. The van der Waals surface area contributed by atoms with Gasteiger partial charge in [-0.1, -0.05) is 99.6 Å². The summed E-state index contributed by atoms with van der Waals surface area (Å²) in [6, 6.07) is 10.1. The van der Waals surface area contributed by atoms with Crippen LogP contribution in [0.25, 0.3) is 22.6 Å². The van der Waals surface area contributed by atoms with Crippen LogP contribution in [-0.4, -0.2) is 69.4 Å². The Morgan fingerprint density at radius 1 is 0.745 bits per heavy atom. The Hall–Kier alpha value is -1.74. The molecule has 0 aliphatic carbocycles. The smallest absolute Gasteiger partial charge is 0.192 e. The van der Waals surface area contributed by atoms with Crippen molar-refractivity contribution in [3.63, 3.8) is 0 Å². The van der Waals surface area contributed by atoms with Gasteiger partial charge in [0.2, 0.25) is 0 Å². The third-order valence-corrected chi connectivity index (χ3v) is 24.8. The van der Waals surface area contributed by atoms with Crippen LogP contribution < -0.4 is 0 Å². The van der Waals surface area contributed by atoms with Gasteiger partial charge >= 0.3 is 0 Å². The summed E-state index contributed by atoms with van der Waals surface area (Å²) in [6.45, 7) is 36.9. The van der Waals surface area contributed by atoms with E-state index in [1.165, 1.54) is 0 Å². The molecule has 0 spiro atoms. The molecule has 0 amide bonds. The van der Waals surface area contributed by atoms with Gasteiger partial charge in [-0.15, -0.1) is 0 Å². The van der Waals surface area contributed by atoms with Crippen molar-refractivity contribution in [3.05, 3.63) is 42.4 Å². The zero-order valence-electron chi connectivity index (χ0n) is 32.1. The number of benzene rings is 1. The summed E-state index contributed by atoms with van der Waals surface area (Å²) in [4.78, 5) is 15.0. The highest BCUT2D eigenvalue weighted by Crippen LogP contribution is 2.47. The van der Waals surface area contributed by atoms with Crippen LogP contribution in [0.1, 0.15) is 81.2 Å². The lowest BCUT2D eigenvalue weighted by molar-refractivity contribution is -0.0470. The van der Waals surface area contributed by atoms with Crippen molar-refractivity contribution >= 4 is 36.1 Å². The zero-order chi connectivity index (χ0) is 35.4. The second kappa shape index (κ2) is 13.2. The maximum Gasteiger partial charge on any atom is 0.192 e. The summed E-state index contributed by atoms with van der Waals surface area (Å²) < 4.78 is 30.8. The second-order valence-electron chi connectivity index (χ2n) is 17.9. The fourth-order valence-electron chi connectivity index (χ4n) is 5.00. The molecule has 3 heterocycles. The van der Waals surface area contributed by atoms with E-state index in [-0.39, 0.29) is 33.4 Å². The molecule has 1 aliphatic rings. The standard InChI is InChI=1S/C36H62N4O4Si3/c1-17-26-28-32(39-31(38-26)25-21-19-18-20-22-25)40(24-37-28)33-30(44-47(15,16)36(8,9)10)29(43-46(13,14)35(5,6)7)27(42-33)23-41-45(11,12)34(2,3)4/h18-22,24,27,29-30,33H,17,23H2,1-16H3/t27-,29-,30-,33-/m1/s1. The molecule has 0 N–H and O–H groups in total. The molecule has 1 saturated heterocycles. The van der Waals surface area contributed by atoms with Crippen molar-refractivity contribution in [1.29, 1.82) is 0 Å². The minimum Gasteiger partial charge on any atom is -0.414 e. The minimum absolute atomic E-state index is 0.00693. The lowest BCUT2D eigenvalue weighted by Gasteiger charge is -2.44. The summed E-state index contributed by atoms with van der Waals surface area (Å²) in [5.41, 5.74) is 3.43. The molecule has 4 atom stereocenters. The highest BCUT2D eigenvalue weighted by Gasteiger charge is 2.55. The number of hydrogen-bond donors (Lipinski definition) is 0. The molecule has 0 unspecified atom stereocenters. The summed E-state index contributed by atoms with van der Waals surface area (Å²) >= 11 is 0. The van der Waals surface area contributed by atoms with E-state index < -0.39 is 31.2 Å². The molecule has 1 aromatic carbocycles. The lowest BCUT2D eigenvalue weighted by Crippen LogP contribution is -2.54. The van der Waals surface area contributed by atoms with Crippen LogP contribution in [0.3, 0.4) is 0 Å². The molecular weight excluding hydrogens is 637 g/mol. The number of hydrogen-bond acceptors (Lipinski definition) is 7. The van der Waals surface area contributed by atoms with E-state index in [1.807, 2.05) is 36.7 Å². The third-order valence-electron chi connectivity index (χ3n) is 11.3. The molecule has 2 aromatic heterocycles. The Bertz CT molecular complexity index is 1520. The van der Waals surface area contributed by atoms with Crippen molar-refractivity contribution < 1.29 is 18.0 Å². The summed E-state index contributed by atoms with van der Waals surface area (Å²) in [5, 5.41) is 0.0660. The molecule has 1 fully saturated rings. The maximum absolute atomic E-state index is 7.40. The Kier molecular flexibility index (Phi) is 10.7. The van der Waals surface area contributed by atoms with E-state index in [4.69, 9.17) is 33.0 Å². The van der Waals surface area contributed by atoms with Gasteiger partial charge in [-0.25, -0.2) is 15.0 Å². The molecule has 262 valence electrons. The van der Waals surface area contributed by atoms with Gasteiger partial charge in [0.15, 0.2) is 42.7 Å². The first kappa shape index (κ1) is 38.1. The average Bonchev–Trinajstić information content (AvgIpc) is 3.50. The number of ether oxygens (including phenoxy) is 1. The van der Waals surface area contributed by atoms with E-state index in [1.54, 1.807) is 0 Å². The monoisotopic (exact) mass is 698 g/mol. The third kappa shape index (κ3) is 7.86. The minimum atomic E-state index is -2.30.